The topological polar surface area (TPSA) is 95.6 Å². The molecule has 0 spiro atoms. The Morgan fingerprint density at radius 2 is 0.886 bits per heavy atom. The molecule has 0 amide bonds. The van der Waals surface area contributed by atoms with Crippen molar-refractivity contribution in [3.05, 3.63) is 155 Å². The van der Waals surface area contributed by atoms with Crippen LogP contribution in [0.2, 0.25) is 0 Å². The second-order valence-electron chi connectivity index (χ2n) is 9.55. The Hall–Kier alpha value is -4.05. The summed E-state index contributed by atoms with van der Waals surface area (Å²) in [5.74, 6) is 0. The molecule has 0 aliphatic heterocycles. The van der Waals surface area contributed by atoms with E-state index in [2.05, 4.69) is 33.4 Å². The van der Waals surface area contributed by atoms with Crippen LogP contribution < -0.4 is 28.4 Å². The Balaban J connectivity index is 0.000000216. The van der Waals surface area contributed by atoms with Gasteiger partial charge in [-0.1, -0.05) is 74.4 Å². The van der Waals surface area contributed by atoms with Gasteiger partial charge in [-0.2, -0.15) is 10.1 Å². The molecule has 2 aromatic carbocycles. The summed E-state index contributed by atoms with van der Waals surface area (Å²) >= 11 is 0. The highest BCUT2D eigenvalue weighted by Crippen LogP contribution is 2.32. The molecule has 0 fully saturated rings. The molecule has 5 rings (SSSR count). The zero-order valence-electron chi connectivity index (χ0n) is 25.7. The molecule has 0 unspecified atom stereocenters. The van der Waals surface area contributed by atoms with E-state index < -0.39 is 16.8 Å². The molecule has 0 saturated carbocycles. The quantitative estimate of drug-likeness (QED) is 0.148. The molecule has 3 heterocycles. The van der Waals surface area contributed by atoms with Gasteiger partial charge in [0.05, 0.1) is 21.1 Å². The van der Waals surface area contributed by atoms with Crippen molar-refractivity contribution in [3.63, 3.8) is 0 Å². The van der Waals surface area contributed by atoms with Gasteiger partial charge in [-0.15, -0.1) is 0 Å². The van der Waals surface area contributed by atoms with Crippen molar-refractivity contribution in [2.45, 2.75) is 29.4 Å². The third-order valence-corrected chi connectivity index (χ3v) is 10.1. The molecule has 9 nitrogen and oxygen atoms in total. The lowest BCUT2D eigenvalue weighted by molar-refractivity contribution is -0.671. The number of imidazole rings is 3. The third-order valence-electron chi connectivity index (χ3n) is 5.65. The molecule has 0 aliphatic rings. The second kappa shape index (κ2) is 19.3. The first-order valence-corrected chi connectivity index (χ1v) is 17.2. The summed E-state index contributed by atoms with van der Waals surface area (Å²) in [6.07, 6.45) is 23.7. The lowest BCUT2D eigenvalue weighted by Gasteiger charge is -2.52. The largest absolute Gasteiger partial charge is 0.847 e. The van der Waals surface area contributed by atoms with Gasteiger partial charge in [0.2, 0.25) is 19.0 Å². The zero-order chi connectivity index (χ0) is 32.4. The van der Waals surface area contributed by atoms with E-state index in [9.17, 15) is 14.7 Å². The number of hydrogen-bond acceptors (Lipinski definition) is 3. The van der Waals surface area contributed by atoms with Crippen LogP contribution in [-0.2, 0) is 50.9 Å². The summed E-state index contributed by atoms with van der Waals surface area (Å²) in [6, 6.07) is 17.2. The summed E-state index contributed by atoms with van der Waals surface area (Å²) in [7, 11) is 4.57. The van der Waals surface area contributed by atoms with Crippen molar-refractivity contribution in [1.82, 2.24) is 13.7 Å². The summed E-state index contributed by atoms with van der Waals surface area (Å²) in [5, 5.41) is 0. The fourth-order valence-electron chi connectivity index (χ4n) is 3.77. The first kappa shape index (κ1) is 36.1. The minimum atomic E-state index is -4.69. The van der Waals surface area contributed by atoms with Crippen molar-refractivity contribution < 1.29 is 28.4 Å². The highest BCUT2D eigenvalue weighted by molar-refractivity contribution is 8.26. The normalized spacial score (nSPS) is 10.3. The fraction of sp³-hybridized carbons (Fsp3) is 0.182. The predicted octanol–water partition coefficient (Wildman–Crippen LogP) is 1.98. The Morgan fingerprint density at radius 1 is 0.591 bits per heavy atom. The van der Waals surface area contributed by atoms with Gasteiger partial charge in [0.1, 0.15) is 56.8 Å². The molecule has 5 aromatic rings. The van der Waals surface area contributed by atoms with Crippen molar-refractivity contribution in [2.75, 3.05) is 0 Å². The SMILES string of the molecule is C=CCn1cc[n+](C)c1.C=CCn1cc[n+](C)c1.C=CCn1cc[n+](C)c1.[O-]P([O-])([O-])=S(c1ccccc1)c1ccccc1. The zero-order valence-corrected chi connectivity index (χ0v) is 27.4. The van der Waals surface area contributed by atoms with Crippen molar-refractivity contribution >= 4 is 16.8 Å². The number of benzene rings is 2. The highest BCUT2D eigenvalue weighted by atomic mass is 32.5. The molecule has 234 valence electrons. The van der Waals surface area contributed by atoms with E-state index in [0.717, 1.165) is 19.6 Å². The van der Waals surface area contributed by atoms with Crippen LogP contribution >= 0.6 is 6.72 Å². The van der Waals surface area contributed by atoms with Crippen LogP contribution in [0.25, 0.3) is 0 Å². The van der Waals surface area contributed by atoms with Gasteiger partial charge in [0, 0.05) is 9.79 Å². The van der Waals surface area contributed by atoms with E-state index in [1.54, 1.807) is 60.7 Å². The van der Waals surface area contributed by atoms with Gasteiger partial charge < -0.3 is 21.4 Å². The molecular weight excluding hydrogens is 591 g/mol. The van der Waals surface area contributed by atoms with E-state index in [1.165, 1.54) is 0 Å². The van der Waals surface area contributed by atoms with Crippen LogP contribution in [0.3, 0.4) is 0 Å². The number of hydrogen-bond donors (Lipinski definition) is 0. The molecule has 3 aromatic heterocycles. The third kappa shape index (κ3) is 13.5. The molecule has 0 bridgehead atoms. The van der Waals surface area contributed by atoms with Crippen LogP contribution in [0, 0.1) is 0 Å². The van der Waals surface area contributed by atoms with Gasteiger partial charge in [-0.3, -0.25) is 0 Å². The summed E-state index contributed by atoms with van der Waals surface area (Å²) in [5.41, 5.74) is 0. The van der Waals surface area contributed by atoms with Crippen LogP contribution in [0.15, 0.2) is 165 Å². The first-order valence-electron chi connectivity index (χ1n) is 13.8. The molecule has 0 radical (unpaired) electrons. The van der Waals surface area contributed by atoms with Crippen LogP contribution in [0.5, 0.6) is 0 Å². The van der Waals surface area contributed by atoms with Gasteiger partial charge >= 0.3 is 0 Å². The van der Waals surface area contributed by atoms with E-state index >= 15 is 0 Å². The predicted molar refractivity (Wildman–Crippen MR) is 171 cm³/mol. The van der Waals surface area contributed by atoms with Gasteiger partial charge in [0.25, 0.3) is 0 Å². The van der Waals surface area contributed by atoms with Crippen molar-refractivity contribution in [3.8, 4) is 0 Å². The van der Waals surface area contributed by atoms with Crippen molar-refractivity contribution in [2.24, 2.45) is 21.1 Å². The first-order chi connectivity index (χ1) is 21.1. The van der Waals surface area contributed by atoms with Crippen LogP contribution in [-0.4, -0.2) is 13.7 Å². The number of rotatable bonds is 8. The average molecular weight is 635 g/mol. The number of allylic oxidation sites excluding steroid dienone is 3. The number of aromatic nitrogens is 6. The fourth-order valence-corrected chi connectivity index (χ4v) is 7.67. The summed E-state index contributed by atoms with van der Waals surface area (Å²) in [4.78, 5) is 35.3. The maximum absolute atomic E-state index is 11.4. The van der Waals surface area contributed by atoms with E-state index in [0.29, 0.717) is 9.79 Å². The maximum Gasteiger partial charge on any atom is 0.243 e. The smallest absolute Gasteiger partial charge is 0.243 e. The van der Waals surface area contributed by atoms with E-state index in [1.807, 2.05) is 109 Å². The van der Waals surface area contributed by atoms with E-state index in [4.69, 9.17) is 0 Å². The van der Waals surface area contributed by atoms with Crippen molar-refractivity contribution in [1.29, 1.82) is 0 Å². The molecule has 0 atom stereocenters. The monoisotopic (exact) mass is 634 g/mol. The van der Waals surface area contributed by atoms with Crippen LogP contribution in [0.4, 0.5) is 0 Å². The Bertz CT molecular complexity index is 1460. The molecule has 0 N–H and O–H groups in total. The minimum Gasteiger partial charge on any atom is -0.847 e. The Morgan fingerprint density at radius 3 is 1.09 bits per heavy atom. The molecule has 0 aliphatic carbocycles. The number of nitrogens with zero attached hydrogens (tertiary/aromatic N) is 6. The second-order valence-corrected chi connectivity index (χ2v) is 14.4. The molecular formula is C33H43N6O3PS. The standard InChI is InChI=1S/C12H10O3PS.3C7H11N2/c13-16(14,15)17(11-7-3-1-4-8-11)12-9-5-2-6-10-12;3*1-3-4-9-6-5-8(2)7-9/h1-10H;3*3,5-7H,1,4H2,2H3/q-3;3*+1. The van der Waals surface area contributed by atoms with Crippen LogP contribution in [0.1, 0.15) is 0 Å². The lowest BCUT2D eigenvalue weighted by atomic mass is 10.4. The highest BCUT2D eigenvalue weighted by Gasteiger charge is 2.00. The van der Waals surface area contributed by atoms with Gasteiger partial charge in [-0.05, 0) is 24.3 Å². The minimum absolute atomic E-state index is 0.534. The average Bonchev–Trinajstić information content (AvgIpc) is 3.72. The number of aryl methyl sites for hydroxylation is 3. The Labute approximate surface area is 263 Å². The van der Waals surface area contributed by atoms with Gasteiger partial charge in [0.15, 0.2) is 0 Å². The maximum atomic E-state index is 11.4. The Kier molecular flexibility index (Phi) is 15.8. The summed E-state index contributed by atoms with van der Waals surface area (Å²) in [6.45, 7) is 8.88. The molecule has 11 heteroatoms. The lowest BCUT2D eigenvalue weighted by Crippen LogP contribution is -2.29. The molecule has 44 heavy (non-hydrogen) atoms. The van der Waals surface area contributed by atoms with E-state index in [-0.39, 0.29) is 0 Å². The summed E-state index contributed by atoms with van der Waals surface area (Å²) < 4.78 is 12.2. The van der Waals surface area contributed by atoms with Gasteiger partial charge in [-0.25, -0.2) is 27.4 Å². The molecule has 0 saturated heterocycles.